The Morgan fingerprint density at radius 3 is 2.96 bits per heavy atom. The van der Waals surface area contributed by atoms with E-state index in [9.17, 15) is 9.59 Å². The SMILES string of the molecule is Cc1ccc(Cc2cnc(NC(=O)c3ccc4c(c3)NC(=O)CS4)s2)cc1Cl. The summed E-state index contributed by atoms with van der Waals surface area (Å²) < 4.78 is 0. The average molecular weight is 430 g/mol. The van der Waals surface area contributed by atoms with Gasteiger partial charge in [-0.15, -0.1) is 23.1 Å². The van der Waals surface area contributed by atoms with Crippen molar-refractivity contribution >= 4 is 57.3 Å². The van der Waals surface area contributed by atoms with Gasteiger partial charge in [-0.1, -0.05) is 23.7 Å². The number of nitrogens with one attached hydrogen (secondary N) is 2. The molecule has 3 aromatic rings. The number of fused-ring (bicyclic) bond motifs is 1. The molecule has 1 aromatic heterocycles. The maximum atomic E-state index is 12.5. The van der Waals surface area contributed by atoms with Crippen LogP contribution in [0, 0.1) is 6.92 Å². The van der Waals surface area contributed by atoms with Gasteiger partial charge in [0, 0.05) is 33.0 Å². The molecule has 2 heterocycles. The predicted molar refractivity (Wildman–Crippen MR) is 115 cm³/mol. The zero-order chi connectivity index (χ0) is 19.7. The Hall–Kier alpha value is -2.35. The third kappa shape index (κ3) is 4.22. The van der Waals surface area contributed by atoms with E-state index in [1.54, 1.807) is 18.3 Å². The van der Waals surface area contributed by atoms with Crippen LogP contribution in [0.1, 0.15) is 26.4 Å². The van der Waals surface area contributed by atoms with Crippen molar-refractivity contribution < 1.29 is 9.59 Å². The number of aromatic nitrogens is 1. The molecule has 2 aromatic carbocycles. The van der Waals surface area contributed by atoms with Gasteiger partial charge in [-0.2, -0.15) is 0 Å². The molecule has 0 bridgehead atoms. The van der Waals surface area contributed by atoms with Crippen molar-refractivity contribution in [3.8, 4) is 0 Å². The highest BCUT2D eigenvalue weighted by atomic mass is 35.5. The highest BCUT2D eigenvalue weighted by Crippen LogP contribution is 2.32. The largest absolute Gasteiger partial charge is 0.324 e. The molecule has 28 heavy (non-hydrogen) atoms. The first kappa shape index (κ1) is 19.0. The number of carbonyl (C=O) groups excluding carboxylic acids is 2. The Kier molecular flexibility index (Phi) is 5.39. The summed E-state index contributed by atoms with van der Waals surface area (Å²) in [6.07, 6.45) is 2.47. The second kappa shape index (κ2) is 7.95. The van der Waals surface area contributed by atoms with E-state index in [1.165, 1.54) is 23.1 Å². The van der Waals surface area contributed by atoms with Gasteiger partial charge in [0.15, 0.2) is 5.13 Å². The van der Waals surface area contributed by atoms with E-state index in [2.05, 4.69) is 15.6 Å². The monoisotopic (exact) mass is 429 g/mol. The minimum absolute atomic E-state index is 0.0594. The van der Waals surface area contributed by atoms with Crippen LogP contribution < -0.4 is 10.6 Å². The Labute approximate surface area is 175 Å². The summed E-state index contributed by atoms with van der Waals surface area (Å²) in [4.78, 5) is 30.4. The van der Waals surface area contributed by atoms with Crippen molar-refractivity contribution in [3.63, 3.8) is 0 Å². The van der Waals surface area contributed by atoms with Crippen LogP contribution in [-0.4, -0.2) is 22.6 Å². The first-order valence-electron chi connectivity index (χ1n) is 8.56. The van der Waals surface area contributed by atoms with Crippen molar-refractivity contribution in [2.24, 2.45) is 0 Å². The van der Waals surface area contributed by atoms with Crippen LogP contribution in [0.2, 0.25) is 5.02 Å². The van der Waals surface area contributed by atoms with Crippen LogP contribution in [0.15, 0.2) is 47.5 Å². The van der Waals surface area contributed by atoms with Gasteiger partial charge in [-0.05, 0) is 42.3 Å². The van der Waals surface area contributed by atoms with Gasteiger partial charge >= 0.3 is 0 Å². The van der Waals surface area contributed by atoms with Gasteiger partial charge in [0.2, 0.25) is 5.91 Å². The summed E-state index contributed by atoms with van der Waals surface area (Å²) in [6.45, 7) is 1.97. The Balaban J connectivity index is 1.45. The third-order valence-electron chi connectivity index (χ3n) is 4.26. The summed E-state index contributed by atoms with van der Waals surface area (Å²) in [7, 11) is 0. The number of anilines is 2. The number of carbonyl (C=O) groups is 2. The fourth-order valence-corrected chi connectivity index (χ4v) is 4.62. The molecule has 1 aliphatic rings. The smallest absolute Gasteiger partial charge is 0.257 e. The fourth-order valence-electron chi connectivity index (χ4n) is 2.79. The quantitative estimate of drug-likeness (QED) is 0.612. The van der Waals surface area contributed by atoms with Crippen molar-refractivity contribution in [1.29, 1.82) is 0 Å². The maximum absolute atomic E-state index is 12.5. The van der Waals surface area contributed by atoms with Crippen molar-refractivity contribution in [2.45, 2.75) is 18.2 Å². The molecule has 142 valence electrons. The second-order valence-electron chi connectivity index (χ2n) is 6.39. The Morgan fingerprint density at radius 1 is 1.29 bits per heavy atom. The molecule has 2 amide bonds. The van der Waals surface area contributed by atoms with E-state index in [1.807, 2.05) is 31.2 Å². The Morgan fingerprint density at radius 2 is 2.14 bits per heavy atom. The zero-order valence-electron chi connectivity index (χ0n) is 14.9. The van der Waals surface area contributed by atoms with E-state index in [0.717, 1.165) is 25.9 Å². The summed E-state index contributed by atoms with van der Waals surface area (Å²) in [5, 5.41) is 6.90. The second-order valence-corrected chi connectivity index (χ2v) is 8.93. The first-order chi connectivity index (χ1) is 13.5. The standard InChI is InChI=1S/C20H16ClN3O2S2/c1-11-2-3-12(7-15(11)21)6-14-9-22-20(28-14)24-19(26)13-4-5-17-16(8-13)23-18(25)10-27-17/h2-5,7-9H,6,10H2,1H3,(H,23,25)(H,22,24,26). The van der Waals surface area contributed by atoms with Crippen LogP contribution in [0.25, 0.3) is 0 Å². The van der Waals surface area contributed by atoms with Crippen molar-refractivity contribution in [3.05, 3.63) is 69.2 Å². The molecule has 0 spiro atoms. The highest BCUT2D eigenvalue weighted by Gasteiger charge is 2.18. The molecule has 2 N–H and O–H groups in total. The van der Waals surface area contributed by atoms with E-state index < -0.39 is 0 Å². The van der Waals surface area contributed by atoms with Gasteiger partial charge in [-0.25, -0.2) is 4.98 Å². The number of rotatable bonds is 4. The minimum atomic E-state index is -0.257. The number of thiazole rings is 1. The molecule has 4 rings (SSSR count). The highest BCUT2D eigenvalue weighted by molar-refractivity contribution is 8.00. The van der Waals surface area contributed by atoms with Crippen LogP contribution in [-0.2, 0) is 11.2 Å². The number of nitrogens with zero attached hydrogens (tertiary/aromatic N) is 1. The molecule has 0 aliphatic carbocycles. The van der Waals surface area contributed by atoms with Crippen LogP contribution in [0.5, 0.6) is 0 Å². The third-order valence-corrected chi connectivity index (χ3v) is 6.66. The minimum Gasteiger partial charge on any atom is -0.324 e. The topological polar surface area (TPSA) is 71.1 Å². The number of hydrogen-bond acceptors (Lipinski definition) is 5. The molecule has 0 saturated carbocycles. The maximum Gasteiger partial charge on any atom is 0.257 e. The molecule has 0 radical (unpaired) electrons. The van der Waals surface area contributed by atoms with Gasteiger partial charge in [0.05, 0.1) is 11.4 Å². The van der Waals surface area contributed by atoms with Crippen LogP contribution in [0.4, 0.5) is 10.8 Å². The molecule has 0 saturated heterocycles. The zero-order valence-corrected chi connectivity index (χ0v) is 17.3. The summed E-state index contributed by atoms with van der Waals surface area (Å²) in [5.74, 6) is 0.0786. The number of hydrogen-bond donors (Lipinski definition) is 2. The normalized spacial score (nSPS) is 13.0. The van der Waals surface area contributed by atoms with Gasteiger partial charge < -0.3 is 5.32 Å². The number of halogens is 1. The van der Waals surface area contributed by atoms with E-state index in [0.29, 0.717) is 28.6 Å². The van der Waals surface area contributed by atoms with Crippen LogP contribution in [0.3, 0.4) is 0 Å². The van der Waals surface area contributed by atoms with Crippen LogP contribution >= 0.6 is 34.7 Å². The van der Waals surface area contributed by atoms with Gasteiger partial charge in [0.25, 0.3) is 5.91 Å². The molecule has 1 aliphatic heterocycles. The summed E-state index contributed by atoms with van der Waals surface area (Å²) >= 11 is 9.08. The molecule has 5 nitrogen and oxygen atoms in total. The average Bonchev–Trinajstić information content (AvgIpc) is 3.10. The summed E-state index contributed by atoms with van der Waals surface area (Å²) in [6, 6.07) is 11.3. The lowest BCUT2D eigenvalue weighted by Gasteiger charge is -2.16. The molecule has 0 fully saturated rings. The van der Waals surface area contributed by atoms with Crippen molar-refractivity contribution in [1.82, 2.24) is 4.98 Å². The first-order valence-corrected chi connectivity index (χ1v) is 10.7. The van der Waals surface area contributed by atoms with E-state index in [4.69, 9.17) is 11.6 Å². The van der Waals surface area contributed by atoms with E-state index in [-0.39, 0.29) is 11.8 Å². The molecule has 0 unspecified atom stereocenters. The molecular weight excluding hydrogens is 414 g/mol. The lowest BCUT2D eigenvalue weighted by Crippen LogP contribution is -2.19. The van der Waals surface area contributed by atoms with Gasteiger partial charge in [-0.3, -0.25) is 14.9 Å². The molecule has 8 heteroatoms. The fraction of sp³-hybridized carbons (Fsp3) is 0.150. The molecule has 0 atom stereocenters. The molecular formula is C20H16ClN3O2S2. The lowest BCUT2D eigenvalue weighted by atomic mass is 10.1. The number of aryl methyl sites for hydroxylation is 1. The van der Waals surface area contributed by atoms with E-state index >= 15 is 0 Å². The predicted octanol–water partition coefficient (Wildman–Crippen LogP) is 4.99. The van der Waals surface area contributed by atoms with Crippen molar-refractivity contribution in [2.75, 3.05) is 16.4 Å². The lowest BCUT2D eigenvalue weighted by molar-refractivity contribution is -0.113. The number of amides is 2. The van der Waals surface area contributed by atoms with Gasteiger partial charge in [0.1, 0.15) is 0 Å². The Bertz CT molecular complexity index is 1080. The summed E-state index contributed by atoms with van der Waals surface area (Å²) in [5.41, 5.74) is 3.29. The number of benzene rings is 2. The number of thioether (sulfide) groups is 1.